The maximum atomic E-state index is 13.5. The monoisotopic (exact) mass is 300 g/mol. The lowest BCUT2D eigenvalue weighted by atomic mass is 10.1. The maximum absolute atomic E-state index is 13.5. The van der Waals surface area contributed by atoms with E-state index in [2.05, 4.69) is 10.3 Å². The fraction of sp³-hybridized carbons (Fsp3) is 0.0769. The van der Waals surface area contributed by atoms with Gasteiger partial charge in [0.2, 0.25) is 0 Å². The summed E-state index contributed by atoms with van der Waals surface area (Å²) in [6.45, 7) is 1.59. The average Bonchev–Trinajstić information content (AvgIpc) is 2.39. The van der Waals surface area contributed by atoms with Crippen LogP contribution >= 0.6 is 11.6 Å². The molecule has 1 aromatic carbocycles. The Morgan fingerprint density at radius 1 is 1.15 bits per heavy atom. The molecule has 2 aromatic rings. The van der Waals surface area contributed by atoms with Crippen LogP contribution in [0.25, 0.3) is 0 Å². The second kappa shape index (κ2) is 5.50. The molecule has 0 bridgehead atoms. The van der Waals surface area contributed by atoms with Crippen LogP contribution in [0.3, 0.4) is 0 Å². The molecule has 1 amide bonds. The van der Waals surface area contributed by atoms with Crippen LogP contribution in [0.2, 0.25) is 5.15 Å². The molecule has 104 valence electrons. The van der Waals surface area contributed by atoms with E-state index < -0.39 is 28.9 Å². The van der Waals surface area contributed by atoms with Gasteiger partial charge >= 0.3 is 0 Å². The summed E-state index contributed by atoms with van der Waals surface area (Å²) in [5.74, 6) is -5.50. The van der Waals surface area contributed by atoms with Gasteiger partial charge in [0.05, 0.1) is 16.9 Å². The number of carbonyl (C=O) groups excluding carboxylic acids is 1. The number of nitrogens with zero attached hydrogens (tertiary/aromatic N) is 1. The highest BCUT2D eigenvalue weighted by Gasteiger charge is 2.19. The number of anilines is 1. The van der Waals surface area contributed by atoms with Crippen molar-refractivity contribution < 1.29 is 18.0 Å². The van der Waals surface area contributed by atoms with Crippen molar-refractivity contribution in [3.8, 4) is 0 Å². The summed E-state index contributed by atoms with van der Waals surface area (Å²) < 4.78 is 39.3. The minimum atomic E-state index is -1.69. The van der Waals surface area contributed by atoms with E-state index in [1.54, 1.807) is 6.92 Å². The first-order valence-electron chi connectivity index (χ1n) is 5.48. The number of benzene rings is 1. The average molecular weight is 301 g/mol. The highest BCUT2D eigenvalue weighted by atomic mass is 35.5. The van der Waals surface area contributed by atoms with E-state index in [1.807, 2.05) is 0 Å². The van der Waals surface area contributed by atoms with E-state index in [1.165, 1.54) is 12.1 Å². The Hall–Kier alpha value is -2.08. The van der Waals surface area contributed by atoms with Gasteiger partial charge in [-0.1, -0.05) is 11.6 Å². The molecule has 7 heteroatoms. The minimum Gasteiger partial charge on any atom is -0.320 e. The molecule has 1 N–H and O–H groups in total. The minimum absolute atomic E-state index is 0.236. The van der Waals surface area contributed by atoms with Gasteiger partial charge in [-0.2, -0.15) is 0 Å². The molecule has 0 radical (unpaired) electrons. The first-order valence-corrected chi connectivity index (χ1v) is 5.86. The zero-order valence-electron chi connectivity index (χ0n) is 10.2. The topological polar surface area (TPSA) is 42.0 Å². The van der Waals surface area contributed by atoms with Gasteiger partial charge in [0.1, 0.15) is 5.15 Å². The van der Waals surface area contributed by atoms with E-state index in [0.29, 0.717) is 17.4 Å². The van der Waals surface area contributed by atoms with Crippen LogP contribution < -0.4 is 5.32 Å². The summed E-state index contributed by atoms with van der Waals surface area (Å²) in [6, 6.07) is 4.45. The van der Waals surface area contributed by atoms with Crippen molar-refractivity contribution in [1.82, 2.24) is 4.98 Å². The predicted octanol–water partition coefficient (Wildman–Crippen LogP) is 3.71. The van der Waals surface area contributed by atoms with Gasteiger partial charge in [-0.15, -0.1) is 0 Å². The Morgan fingerprint density at radius 2 is 1.85 bits per heavy atom. The fourth-order valence-corrected chi connectivity index (χ4v) is 1.74. The normalized spacial score (nSPS) is 10.4. The number of carbonyl (C=O) groups is 1. The molecule has 0 saturated carbocycles. The van der Waals surface area contributed by atoms with Crippen molar-refractivity contribution in [2.75, 3.05) is 5.32 Å². The number of rotatable bonds is 2. The maximum Gasteiger partial charge on any atom is 0.258 e. The third-order valence-electron chi connectivity index (χ3n) is 2.58. The Balaban J connectivity index is 2.31. The van der Waals surface area contributed by atoms with Gasteiger partial charge in [-0.25, -0.2) is 18.2 Å². The van der Waals surface area contributed by atoms with Gasteiger partial charge < -0.3 is 5.32 Å². The predicted molar refractivity (Wildman–Crippen MR) is 68.3 cm³/mol. The summed E-state index contributed by atoms with van der Waals surface area (Å²) in [5.41, 5.74) is 0.107. The number of pyridine rings is 1. The van der Waals surface area contributed by atoms with Crippen molar-refractivity contribution in [1.29, 1.82) is 0 Å². The van der Waals surface area contributed by atoms with Gasteiger partial charge in [0.15, 0.2) is 17.5 Å². The lowest BCUT2D eigenvalue weighted by Crippen LogP contribution is -2.16. The second-order valence-corrected chi connectivity index (χ2v) is 4.33. The highest BCUT2D eigenvalue weighted by molar-refractivity contribution is 6.29. The number of aryl methyl sites for hydroxylation is 1. The number of nitrogens with one attached hydrogen (secondary N) is 1. The van der Waals surface area contributed by atoms with Crippen molar-refractivity contribution in [3.05, 3.63) is 58.1 Å². The van der Waals surface area contributed by atoms with E-state index >= 15 is 0 Å². The quantitative estimate of drug-likeness (QED) is 0.678. The molecule has 1 heterocycles. The molecule has 3 nitrogen and oxygen atoms in total. The van der Waals surface area contributed by atoms with Gasteiger partial charge in [0, 0.05) is 0 Å². The Kier molecular flexibility index (Phi) is 3.94. The Morgan fingerprint density at radius 3 is 2.50 bits per heavy atom. The number of aromatic nitrogens is 1. The fourth-order valence-electron chi connectivity index (χ4n) is 1.55. The number of amides is 1. The third-order valence-corrected chi connectivity index (χ3v) is 2.79. The number of hydrogen-bond acceptors (Lipinski definition) is 2. The molecule has 0 spiro atoms. The van der Waals surface area contributed by atoms with E-state index in [0.717, 1.165) is 6.07 Å². The zero-order chi connectivity index (χ0) is 14.9. The van der Waals surface area contributed by atoms with Crippen LogP contribution in [0, 0.1) is 24.4 Å². The number of halogens is 4. The van der Waals surface area contributed by atoms with Crippen LogP contribution in [-0.2, 0) is 0 Å². The highest BCUT2D eigenvalue weighted by Crippen LogP contribution is 2.19. The van der Waals surface area contributed by atoms with Crippen molar-refractivity contribution in [3.63, 3.8) is 0 Å². The van der Waals surface area contributed by atoms with Crippen molar-refractivity contribution in [2.45, 2.75) is 6.92 Å². The van der Waals surface area contributed by atoms with Gasteiger partial charge in [-0.05, 0) is 31.2 Å². The van der Waals surface area contributed by atoms with Crippen LogP contribution in [-0.4, -0.2) is 10.9 Å². The van der Waals surface area contributed by atoms with Crippen molar-refractivity contribution in [2.24, 2.45) is 0 Å². The standard InChI is InChI=1S/C13H8ClF3N2O/c1-6-9(4-5-10(14)18-6)19-13(20)7-2-3-8(15)12(17)11(7)16/h2-5H,1H3,(H,19,20). The molecule has 0 fully saturated rings. The summed E-state index contributed by atoms with van der Waals surface area (Å²) >= 11 is 5.66. The Labute approximate surface area is 117 Å². The molecule has 0 atom stereocenters. The van der Waals surface area contributed by atoms with E-state index in [4.69, 9.17) is 11.6 Å². The molecule has 0 aliphatic carbocycles. The summed E-state index contributed by atoms with van der Waals surface area (Å²) in [4.78, 5) is 15.7. The van der Waals surface area contributed by atoms with Crippen molar-refractivity contribution >= 4 is 23.2 Å². The molecule has 0 aliphatic heterocycles. The molecular weight excluding hydrogens is 293 g/mol. The molecule has 20 heavy (non-hydrogen) atoms. The van der Waals surface area contributed by atoms with E-state index in [-0.39, 0.29) is 5.15 Å². The molecule has 1 aromatic heterocycles. The summed E-state index contributed by atoms with van der Waals surface area (Å²) in [6.07, 6.45) is 0. The SMILES string of the molecule is Cc1nc(Cl)ccc1NC(=O)c1ccc(F)c(F)c1F. The van der Waals surface area contributed by atoms with E-state index in [9.17, 15) is 18.0 Å². The summed E-state index contributed by atoms with van der Waals surface area (Å²) in [5, 5.41) is 2.59. The second-order valence-electron chi connectivity index (χ2n) is 3.94. The lowest BCUT2D eigenvalue weighted by Gasteiger charge is -2.09. The first kappa shape index (κ1) is 14.3. The smallest absolute Gasteiger partial charge is 0.258 e. The van der Waals surface area contributed by atoms with Crippen LogP contribution in [0.5, 0.6) is 0 Å². The van der Waals surface area contributed by atoms with Crippen LogP contribution in [0.15, 0.2) is 24.3 Å². The molecule has 0 aliphatic rings. The molecule has 0 saturated heterocycles. The molecule has 0 unspecified atom stereocenters. The molecular formula is C13H8ClF3N2O. The van der Waals surface area contributed by atoms with Crippen LogP contribution in [0.1, 0.15) is 16.1 Å². The summed E-state index contributed by atoms with van der Waals surface area (Å²) in [7, 11) is 0. The molecule has 2 rings (SSSR count). The number of hydrogen-bond donors (Lipinski definition) is 1. The third kappa shape index (κ3) is 2.75. The van der Waals surface area contributed by atoms with Gasteiger partial charge in [-0.3, -0.25) is 4.79 Å². The first-order chi connectivity index (χ1) is 9.40. The van der Waals surface area contributed by atoms with Gasteiger partial charge in [0.25, 0.3) is 5.91 Å². The van der Waals surface area contributed by atoms with Crippen LogP contribution in [0.4, 0.5) is 18.9 Å². The largest absolute Gasteiger partial charge is 0.320 e. The lowest BCUT2D eigenvalue weighted by molar-refractivity contribution is 0.102. The Bertz CT molecular complexity index is 692. The zero-order valence-corrected chi connectivity index (χ0v) is 10.9.